The largest absolute Gasteiger partial charge is 0.487 e. The van der Waals surface area contributed by atoms with Gasteiger partial charge in [0.05, 0.1) is 5.02 Å². The summed E-state index contributed by atoms with van der Waals surface area (Å²) in [5.41, 5.74) is 6.73. The summed E-state index contributed by atoms with van der Waals surface area (Å²) in [7, 11) is 0. The molecule has 0 fully saturated rings. The van der Waals surface area contributed by atoms with Gasteiger partial charge in [-0.25, -0.2) is 4.39 Å². The van der Waals surface area contributed by atoms with Gasteiger partial charge in [-0.05, 0) is 29.8 Å². The molecule has 0 saturated heterocycles. The van der Waals surface area contributed by atoms with Crippen molar-refractivity contribution in [2.75, 3.05) is 0 Å². The average Bonchev–Trinajstić information content (AvgIpc) is 2.42. The lowest BCUT2D eigenvalue weighted by molar-refractivity contribution is 0.306. The van der Waals surface area contributed by atoms with Crippen molar-refractivity contribution in [1.82, 2.24) is 0 Å². The van der Waals surface area contributed by atoms with Gasteiger partial charge in [-0.1, -0.05) is 35.3 Å². The molecule has 0 spiro atoms. The molecule has 2 aromatic carbocycles. The molecule has 19 heavy (non-hydrogen) atoms. The van der Waals surface area contributed by atoms with E-state index in [1.54, 1.807) is 30.3 Å². The van der Waals surface area contributed by atoms with Crippen LogP contribution in [0.1, 0.15) is 11.1 Å². The molecule has 0 aliphatic heterocycles. The summed E-state index contributed by atoms with van der Waals surface area (Å²) in [6.45, 7) is 0.422. The van der Waals surface area contributed by atoms with Gasteiger partial charge in [0.15, 0.2) is 0 Å². The lowest BCUT2D eigenvalue weighted by Crippen LogP contribution is -2.03. The Morgan fingerprint density at radius 3 is 2.68 bits per heavy atom. The minimum atomic E-state index is -0.313. The van der Waals surface area contributed by atoms with Crippen LogP contribution in [0.4, 0.5) is 4.39 Å². The van der Waals surface area contributed by atoms with Crippen molar-refractivity contribution in [2.45, 2.75) is 13.2 Å². The summed E-state index contributed by atoms with van der Waals surface area (Å²) in [4.78, 5) is 0. The second-order valence-corrected chi connectivity index (χ2v) is 4.76. The molecule has 0 atom stereocenters. The third-order valence-electron chi connectivity index (χ3n) is 2.64. The molecule has 2 N–H and O–H groups in total. The number of hydrogen-bond acceptors (Lipinski definition) is 2. The highest BCUT2D eigenvalue weighted by molar-refractivity contribution is 6.42. The van der Waals surface area contributed by atoms with Crippen LogP contribution in [0.3, 0.4) is 0 Å². The lowest BCUT2D eigenvalue weighted by Gasteiger charge is -2.10. The molecule has 2 nitrogen and oxygen atoms in total. The van der Waals surface area contributed by atoms with Crippen molar-refractivity contribution in [3.8, 4) is 5.75 Å². The highest BCUT2D eigenvalue weighted by atomic mass is 35.5. The summed E-state index contributed by atoms with van der Waals surface area (Å²) in [5.74, 6) is 0.180. The Morgan fingerprint density at radius 2 is 1.95 bits per heavy atom. The molecule has 100 valence electrons. The van der Waals surface area contributed by atoms with Gasteiger partial charge in [0.1, 0.15) is 23.2 Å². The molecule has 0 aliphatic rings. The van der Waals surface area contributed by atoms with Gasteiger partial charge in [0, 0.05) is 12.1 Å². The van der Waals surface area contributed by atoms with E-state index in [9.17, 15) is 4.39 Å². The number of ether oxygens (including phenoxy) is 1. The van der Waals surface area contributed by atoms with E-state index in [1.165, 1.54) is 6.07 Å². The van der Waals surface area contributed by atoms with E-state index >= 15 is 0 Å². The maximum absolute atomic E-state index is 13.3. The average molecular weight is 300 g/mol. The standard InChI is InChI=1S/C14H12Cl2FNO/c15-11-2-1-3-13(14(11)16)19-8-9-4-5-12(17)10(6-9)7-18/h1-6H,7-8,18H2. The van der Waals surface area contributed by atoms with Gasteiger partial charge in [-0.3, -0.25) is 0 Å². The van der Waals surface area contributed by atoms with Crippen molar-refractivity contribution in [3.05, 3.63) is 63.4 Å². The van der Waals surface area contributed by atoms with E-state index in [0.717, 1.165) is 5.56 Å². The van der Waals surface area contributed by atoms with E-state index in [-0.39, 0.29) is 19.0 Å². The van der Waals surface area contributed by atoms with Gasteiger partial charge >= 0.3 is 0 Å². The summed E-state index contributed by atoms with van der Waals surface area (Å²) < 4.78 is 18.9. The maximum Gasteiger partial charge on any atom is 0.139 e. The van der Waals surface area contributed by atoms with Gasteiger partial charge in [0.25, 0.3) is 0 Å². The van der Waals surface area contributed by atoms with Gasteiger partial charge < -0.3 is 10.5 Å². The molecule has 2 aromatic rings. The summed E-state index contributed by atoms with van der Waals surface area (Å²) in [5, 5.41) is 0.797. The quantitative estimate of drug-likeness (QED) is 0.919. The molecule has 0 amide bonds. The molecule has 0 aliphatic carbocycles. The summed E-state index contributed by atoms with van der Waals surface area (Å²) >= 11 is 11.9. The Bertz CT molecular complexity index is 590. The fraction of sp³-hybridized carbons (Fsp3) is 0.143. The van der Waals surface area contributed by atoms with Crippen LogP contribution in [0.5, 0.6) is 5.75 Å². The summed E-state index contributed by atoms with van der Waals surface area (Å²) in [6.07, 6.45) is 0. The third kappa shape index (κ3) is 3.38. The second-order valence-electron chi connectivity index (χ2n) is 3.97. The number of rotatable bonds is 4. The molecular formula is C14H12Cl2FNO. The van der Waals surface area contributed by atoms with Crippen molar-refractivity contribution in [2.24, 2.45) is 5.73 Å². The van der Waals surface area contributed by atoms with Crippen molar-refractivity contribution in [1.29, 1.82) is 0 Å². The zero-order chi connectivity index (χ0) is 13.8. The van der Waals surface area contributed by atoms with Crippen LogP contribution in [-0.4, -0.2) is 0 Å². The highest BCUT2D eigenvalue weighted by Gasteiger charge is 2.07. The van der Waals surface area contributed by atoms with Gasteiger partial charge in [-0.2, -0.15) is 0 Å². The first-order valence-corrected chi connectivity index (χ1v) is 6.41. The van der Waals surface area contributed by atoms with Gasteiger partial charge in [0.2, 0.25) is 0 Å². The fourth-order valence-electron chi connectivity index (χ4n) is 1.63. The molecule has 0 unspecified atom stereocenters. The van der Waals surface area contributed by atoms with Crippen LogP contribution in [0.2, 0.25) is 10.0 Å². The number of halogens is 3. The smallest absolute Gasteiger partial charge is 0.139 e. The van der Waals surface area contributed by atoms with Crippen LogP contribution < -0.4 is 10.5 Å². The van der Waals surface area contributed by atoms with E-state index in [0.29, 0.717) is 21.4 Å². The zero-order valence-electron chi connectivity index (χ0n) is 10.00. The molecule has 5 heteroatoms. The Kier molecular flexibility index (Phi) is 4.64. The number of benzene rings is 2. The van der Waals surface area contributed by atoms with E-state index < -0.39 is 0 Å². The minimum Gasteiger partial charge on any atom is -0.487 e. The first-order chi connectivity index (χ1) is 9.11. The Hall–Kier alpha value is -1.29. The number of nitrogens with two attached hydrogens (primary N) is 1. The van der Waals surface area contributed by atoms with Crippen LogP contribution in [0.15, 0.2) is 36.4 Å². The first-order valence-electron chi connectivity index (χ1n) is 5.66. The minimum absolute atomic E-state index is 0.150. The van der Waals surface area contributed by atoms with Crippen LogP contribution in [-0.2, 0) is 13.2 Å². The monoisotopic (exact) mass is 299 g/mol. The van der Waals surface area contributed by atoms with Gasteiger partial charge in [-0.15, -0.1) is 0 Å². The Morgan fingerprint density at radius 1 is 1.16 bits per heavy atom. The Balaban J connectivity index is 2.12. The molecule has 0 aromatic heterocycles. The van der Waals surface area contributed by atoms with Crippen LogP contribution >= 0.6 is 23.2 Å². The van der Waals surface area contributed by atoms with Crippen molar-refractivity contribution in [3.63, 3.8) is 0 Å². The molecule has 0 saturated carbocycles. The lowest BCUT2D eigenvalue weighted by atomic mass is 10.1. The van der Waals surface area contributed by atoms with Crippen molar-refractivity contribution >= 4 is 23.2 Å². The zero-order valence-corrected chi connectivity index (χ0v) is 11.5. The van der Waals surface area contributed by atoms with Crippen molar-refractivity contribution < 1.29 is 9.13 Å². The second kappa shape index (κ2) is 6.24. The molecule has 2 rings (SSSR count). The number of hydrogen-bond donors (Lipinski definition) is 1. The third-order valence-corrected chi connectivity index (χ3v) is 3.44. The van der Waals surface area contributed by atoms with E-state index in [4.69, 9.17) is 33.7 Å². The molecule has 0 heterocycles. The van der Waals surface area contributed by atoms with Crippen LogP contribution in [0.25, 0.3) is 0 Å². The molecule has 0 bridgehead atoms. The summed E-state index contributed by atoms with van der Waals surface area (Å²) in [6, 6.07) is 9.85. The highest BCUT2D eigenvalue weighted by Crippen LogP contribution is 2.31. The van der Waals surface area contributed by atoms with E-state index in [2.05, 4.69) is 0 Å². The normalized spacial score (nSPS) is 10.5. The maximum atomic E-state index is 13.3. The Labute approximate surface area is 120 Å². The molecular weight excluding hydrogens is 288 g/mol. The predicted octanol–water partition coefficient (Wildman–Crippen LogP) is 4.17. The first kappa shape index (κ1) is 14.1. The fourth-order valence-corrected chi connectivity index (χ4v) is 1.98. The van der Waals surface area contributed by atoms with Crippen LogP contribution in [0, 0.1) is 5.82 Å². The van der Waals surface area contributed by atoms with E-state index in [1.807, 2.05) is 0 Å². The molecule has 0 radical (unpaired) electrons. The SMILES string of the molecule is NCc1cc(COc2cccc(Cl)c2Cl)ccc1F. The predicted molar refractivity (Wildman–Crippen MR) is 75.1 cm³/mol. The topological polar surface area (TPSA) is 35.2 Å².